The Labute approximate surface area is 178 Å². The van der Waals surface area contributed by atoms with E-state index in [1.165, 1.54) is 58.2 Å². The van der Waals surface area contributed by atoms with Crippen LogP contribution in [0.15, 0.2) is 4.99 Å². The molecule has 0 aromatic carbocycles. The van der Waals surface area contributed by atoms with Crippen LogP contribution in [0, 0.1) is 11.8 Å². The Morgan fingerprint density at radius 1 is 1.19 bits per heavy atom. The van der Waals surface area contributed by atoms with Crippen LogP contribution in [0.3, 0.4) is 0 Å². The van der Waals surface area contributed by atoms with Crippen LogP contribution in [0.4, 0.5) is 0 Å². The summed E-state index contributed by atoms with van der Waals surface area (Å²) in [5, 5.41) is 7.07. The molecule has 2 heterocycles. The quantitative estimate of drug-likeness (QED) is 0.230. The smallest absolute Gasteiger partial charge is 0.191 e. The highest BCUT2D eigenvalue weighted by atomic mass is 127. The molecule has 2 aliphatic heterocycles. The van der Waals surface area contributed by atoms with E-state index in [1.54, 1.807) is 0 Å². The Hall–Kier alpha value is -0.0800. The normalized spacial score (nSPS) is 22.5. The fourth-order valence-electron chi connectivity index (χ4n) is 3.72. The van der Waals surface area contributed by atoms with Crippen LogP contribution in [0.5, 0.6) is 0 Å². The summed E-state index contributed by atoms with van der Waals surface area (Å²) in [5.41, 5.74) is 0. The van der Waals surface area contributed by atoms with Crippen molar-refractivity contribution in [2.24, 2.45) is 16.8 Å². The molecule has 0 bridgehead atoms. The van der Waals surface area contributed by atoms with Gasteiger partial charge in [0.1, 0.15) is 0 Å². The molecule has 0 amide bonds. The number of unbranched alkanes of at least 4 members (excludes halogenated alkanes) is 1. The number of guanidine groups is 1. The van der Waals surface area contributed by atoms with Crippen LogP contribution in [0.2, 0.25) is 0 Å². The van der Waals surface area contributed by atoms with E-state index in [0.717, 1.165) is 44.1 Å². The number of nitrogens with one attached hydrogen (secondary N) is 2. The summed E-state index contributed by atoms with van der Waals surface area (Å²) < 4.78 is 5.50. The highest BCUT2D eigenvalue weighted by molar-refractivity contribution is 14.0. The Balaban J connectivity index is 0.00000338. The van der Waals surface area contributed by atoms with Crippen molar-refractivity contribution >= 4 is 29.9 Å². The number of likely N-dealkylation sites (tertiary alicyclic amines) is 1. The van der Waals surface area contributed by atoms with E-state index in [9.17, 15) is 0 Å². The molecule has 0 aromatic rings. The van der Waals surface area contributed by atoms with Gasteiger partial charge in [-0.2, -0.15) is 0 Å². The molecule has 0 aromatic heterocycles. The average Bonchev–Trinajstić information content (AvgIpc) is 3.09. The van der Waals surface area contributed by atoms with Crippen molar-refractivity contribution in [1.29, 1.82) is 0 Å². The SMILES string of the molecule is CCNC(=NCCCCC(C)C)NC1CCN(CC2CCOC2)CC1.I. The zero-order chi connectivity index (χ0) is 17.9. The third-order valence-corrected chi connectivity index (χ3v) is 5.27. The number of halogens is 1. The van der Waals surface area contributed by atoms with Gasteiger partial charge >= 0.3 is 0 Å². The predicted octanol–water partition coefficient (Wildman–Crippen LogP) is 3.49. The molecule has 154 valence electrons. The Kier molecular flexibility index (Phi) is 12.9. The highest BCUT2D eigenvalue weighted by Gasteiger charge is 2.24. The predicted molar refractivity (Wildman–Crippen MR) is 122 cm³/mol. The average molecular weight is 480 g/mol. The summed E-state index contributed by atoms with van der Waals surface area (Å²) in [6, 6.07) is 0.560. The highest BCUT2D eigenvalue weighted by Crippen LogP contribution is 2.17. The molecule has 0 saturated carbocycles. The number of aliphatic imine (C=N–C) groups is 1. The number of rotatable bonds is 9. The van der Waals surface area contributed by atoms with E-state index in [-0.39, 0.29) is 24.0 Å². The molecule has 1 atom stereocenters. The molecule has 1 unspecified atom stereocenters. The van der Waals surface area contributed by atoms with Gasteiger partial charge in [-0.05, 0) is 44.4 Å². The van der Waals surface area contributed by atoms with Gasteiger partial charge in [-0.3, -0.25) is 4.99 Å². The second kappa shape index (κ2) is 14.0. The first-order valence-corrected chi connectivity index (χ1v) is 10.5. The standard InChI is InChI=1S/C20H40N4O.HI/c1-4-21-20(22-11-6-5-7-17(2)3)23-19-8-12-24(13-9-19)15-18-10-14-25-16-18;/h17-19H,4-16H2,1-3H3,(H2,21,22,23);1H. The Bertz CT molecular complexity index is 378. The van der Waals surface area contributed by atoms with Gasteiger partial charge in [0.15, 0.2) is 5.96 Å². The van der Waals surface area contributed by atoms with Gasteiger partial charge in [0, 0.05) is 45.4 Å². The van der Waals surface area contributed by atoms with E-state index in [1.807, 2.05) is 0 Å². The monoisotopic (exact) mass is 480 g/mol. The van der Waals surface area contributed by atoms with Crippen molar-refractivity contribution in [3.8, 4) is 0 Å². The lowest BCUT2D eigenvalue weighted by Gasteiger charge is -2.34. The zero-order valence-electron chi connectivity index (χ0n) is 17.1. The maximum atomic E-state index is 5.50. The van der Waals surface area contributed by atoms with E-state index >= 15 is 0 Å². The maximum absolute atomic E-state index is 5.50. The van der Waals surface area contributed by atoms with Crippen molar-refractivity contribution < 1.29 is 4.74 Å². The number of ether oxygens (including phenoxy) is 1. The molecule has 2 saturated heterocycles. The largest absolute Gasteiger partial charge is 0.381 e. The van der Waals surface area contributed by atoms with E-state index in [0.29, 0.717) is 6.04 Å². The molecule has 2 N–H and O–H groups in total. The summed E-state index contributed by atoms with van der Waals surface area (Å²) in [4.78, 5) is 7.39. The van der Waals surface area contributed by atoms with Gasteiger partial charge in [0.05, 0.1) is 6.61 Å². The van der Waals surface area contributed by atoms with Crippen molar-refractivity contribution in [2.45, 2.75) is 65.3 Å². The summed E-state index contributed by atoms with van der Waals surface area (Å²) in [5.74, 6) is 2.57. The number of hydrogen-bond acceptors (Lipinski definition) is 3. The summed E-state index contributed by atoms with van der Waals surface area (Å²) in [7, 11) is 0. The Morgan fingerprint density at radius 3 is 2.58 bits per heavy atom. The lowest BCUT2D eigenvalue weighted by molar-refractivity contribution is 0.150. The van der Waals surface area contributed by atoms with E-state index < -0.39 is 0 Å². The lowest BCUT2D eigenvalue weighted by atomic mass is 10.0. The van der Waals surface area contributed by atoms with Gasteiger partial charge in [-0.1, -0.05) is 26.7 Å². The van der Waals surface area contributed by atoms with Crippen LogP contribution in [-0.4, -0.2) is 62.8 Å². The van der Waals surface area contributed by atoms with Gasteiger partial charge in [-0.25, -0.2) is 0 Å². The molecule has 6 heteroatoms. The van der Waals surface area contributed by atoms with Gasteiger partial charge in [0.2, 0.25) is 0 Å². The minimum absolute atomic E-state index is 0. The molecule has 2 aliphatic rings. The molecule has 5 nitrogen and oxygen atoms in total. The minimum Gasteiger partial charge on any atom is -0.381 e. The van der Waals surface area contributed by atoms with Crippen molar-refractivity contribution in [3.05, 3.63) is 0 Å². The number of hydrogen-bond donors (Lipinski definition) is 2. The second-order valence-corrected chi connectivity index (χ2v) is 8.10. The molecule has 2 rings (SSSR count). The van der Waals surface area contributed by atoms with Crippen LogP contribution < -0.4 is 10.6 Å². The first-order chi connectivity index (χ1) is 12.2. The van der Waals surface area contributed by atoms with Gasteiger partial charge in [-0.15, -0.1) is 24.0 Å². The summed E-state index contributed by atoms with van der Waals surface area (Å²) >= 11 is 0. The van der Waals surface area contributed by atoms with Crippen LogP contribution in [0.25, 0.3) is 0 Å². The topological polar surface area (TPSA) is 48.9 Å². The number of piperidine rings is 1. The molecule has 2 fully saturated rings. The van der Waals surface area contributed by atoms with Crippen LogP contribution in [-0.2, 0) is 4.74 Å². The van der Waals surface area contributed by atoms with E-state index in [4.69, 9.17) is 9.73 Å². The molecule has 26 heavy (non-hydrogen) atoms. The van der Waals surface area contributed by atoms with Crippen LogP contribution >= 0.6 is 24.0 Å². The summed E-state index contributed by atoms with van der Waals surface area (Å²) in [6.07, 6.45) is 7.45. The van der Waals surface area contributed by atoms with Crippen molar-refractivity contribution in [3.63, 3.8) is 0 Å². The first-order valence-electron chi connectivity index (χ1n) is 10.5. The van der Waals surface area contributed by atoms with Crippen molar-refractivity contribution in [1.82, 2.24) is 15.5 Å². The maximum Gasteiger partial charge on any atom is 0.191 e. The van der Waals surface area contributed by atoms with E-state index in [2.05, 4.69) is 36.3 Å². The third kappa shape index (κ3) is 9.74. The second-order valence-electron chi connectivity index (χ2n) is 8.10. The number of nitrogens with zero attached hydrogens (tertiary/aromatic N) is 2. The van der Waals surface area contributed by atoms with Gasteiger partial charge < -0.3 is 20.3 Å². The molecular weight excluding hydrogens is 439 g/mol. The minimum atomic E-state index is 0. The zero-order valence-corrected chi connectivity index (χ0v) is 19.5. The molecule has 0 aliphatic carbocycles. The van der Waals surface area contributed by atoms with Gasteiger partial charge in [0.25, 0.3) is 0 Å². The van der Waals surface area contributed by atoms with Crippen LogP contribution in [0.1, 0.15) is 59.3 Å². The third-order valence-electron chi connectivity index (χ3n) is 5.27. The van der Waals surface area contributed by atoms with Crippen molar-refractivity contribution in [2.75, 3.05) is 45.9 Å². The fraction of sp³-hybridized carbons (Fsp3) is 0.950. The fourth-order valence-corrected chi connectivity index (χ4v) is 3.72. The summed E-state index contributed by atoms with van der Waals surface area (Å²) in [6.45, 7) is 14.1. The first kappa shape index (κ1) is 24.0. The molecule has 0 spiro atoms. The molecule has 0 radical (unpaired) electrons. The molecular formula is C20H41IN4O. The Morgan fingerprint density at radius 2 is 1.96 bits per heavy atom. The lowest BCUT2D eigenvalue weighted by Crippen LogP contribution is -2.49.